The largest absolute Gasteiger partial charge is 0.468 e. The van der Waals surface area contributed by atoms with Crippen molar-refractivity contribution in [2.45, 2.75) is 5.75 Å². The third-order valence-electron chi connectivity index (χ3n) is 3.15. The maximum absolute atomic E-state index is 12.3. The number of Topliss-reactive ketones (excluding diaryl/α,β-unsaturated/α-hetero) is 1. The van der Waals surface area contributed by atoms with Crippen molar-refractivity contribution in [1.82, 2.24) is 0 Å². The van der Waals surface area contributed by atoms with Crippen molar-refractivity contribution in [2.24, 2.45) is 0 Å². The van der Waals surface area contributed by atoms with Gasteiger partial charge in [0.15, 0.2) is 5.78 Å². The average Bonchev–Trinajstić information content (AvgIpc) is 3.00. The van der Waals surface area contributed by atoms with Crippen LogP contribution in [0.15, 0.2) is 65.3 Å². The zero-order valence-electron chi connectivity index (χ0n) is 10.9. The summed E-state index contributed by atoms with van der Waals surface area (Å²) in [6.07, 6.45) is 1.66. The molecule has 0 amide bonds. The van der Waals surface area contributed by atoms with Gasteiger partial charge in [-0.15, -0.1) is 11.8 Å². The van der Waals surface area contributed by atoms with Gasteiger partial charge < -0.3 is 4.42 Å². The molecule has 0 fully saturated rings. The van der Waals surface area contributed by atoms with Crippen LogP contribution in [-0.2, 0) is 5.75 Å². The average molecular weight is 282 g/mol. The summed E-state index contributed by atoms with van der Waals surface area (Å²) < 4.78 is 5.26. The second-order valence-corrected chi connectivity index (χ2v) is 5.51. The quantitative estimate of drug-likeness (QED) is 0.643. The van der Waals surface area contributed by atoms with Crippen molar-refractivity contribution in [3.8, 4) is 0 Å². The maximum Gasteiger partial charge on any atom is 0.173 e. The molecule has 0 aliphatic carbocycles. The van der Waals surface area contributed by atoms with E-state index in [0.717, 1.165) is 27.8 Å². The van der Waals surface area contributed by atoms with Crippen molar-refractivity contribution >= 4 is 28.3 Å². The Labute approximate surface area is 121 Å². The lowest BCUT2D eigenvalue weighted by molar-refractivity contribution is 0.102. The Morgan fingerprint density at radius 1 is 1.00 bits per heavy atom. The number of benzene rings is 2. The minimum Gasteiger partial charge on any atom is -0.468 e. The highest BCUT2D eigenvalue weighted by atomic mass is 32.2. The van der Waals surface area contributed by atoms with E-state index in [1.165, 1.54) is 0 Å². The highest BCUT2D eigenvalue weighted by Crippen LogP contribution is 2.21. The zero-order chi connectivity index (χ0) is 13.8. The molecule has 2 aromatic carbocycles. The fraction of sp³-hybridized carbons (Fsp3) is 0.118. The molecular weight excluding hydrogens is 268 g/mol. The van der Waals surface area contributed by atoms with Crippen LogP contribution in [0.2, 0.25) is 0 Å². The fourth-order valence-electron chi connectivity index (χ4n) is 2.19. The summed E-state index contributed by atoms with van der Waals surface area (Å²) >= 11 is 1.58. The van der Waals surface area contributed by atoms with Crippen LogP contribution in [-0.4, -0.2) is 11.5 Å². The summed E-state index contributed by atoms with van der Waals surface area (Å²) in [5.74, 6) is 2.26. The Balaban J connectivity index is 1.72. The number of hydrogen-bond acceptors (Lipinski definition) is 3. The van der Waals surface area contributed by atoms with Crippen LogP contribution in [0.4, 0.5) is 0 Å². The molecule has 0 N–H and O–H groups in total. The summed E-state index contributed by atoms with van der Waals surface area (Å²) in [5.41, 5.74) is 0.801. The molecule has 0 spiro atoms. The fourth-order valence-corrected chi connectivity index (χ4v) is 2.99. The molecule has 0 unspecified atom stereocenters. The van der Waals surface area contributed by atoms with Crippen molar-refractivity contribution in [3.05, 3.63) is 72.2 Å². The number of thioether (sulfide) groups is 1. The smallest absolute Gasteiger partial charge is 0.173 e. The number of carbonyl (C=O) groups is 1. The number of ketones is 1. The van der Waals surface area contributed by atoms with Crippen LogP contribution in [0.25, 0.3) is 10.8 Å². The van der Waals surface area contributed by atoms with Crippen LogP contribution in [0, 0.1) is 0 Å². The van der Waals surface area contributed by atoms with E-state index in [0.29, 0.717) is 5.75 Å². The standard InChI is InChI=1S/C17H14O2S/c18-17(12-20-11-14-7-4-10-19-14)16-9-3-6-13-5-1-2-8-15(13)16/h1-10H,11-12H2. The van der Waals surface area contributed by atoms with Gasteiger partial charge >= 0.3 is 0 Å². The summed E-state index contributed by atoms with van der Waals surface area (Å²) in [6.45, 7) is 0. The molecule has 0 atom stereocenters. The van der Waals surface area contributed by atoms with Gasteiger partial charge in [-0.1, -0.05) is 42.5 Å². The highest BCUT2D eigenvalue weighted by Gasteiger charge is 2.10. The molecule has 0 saturated heterocycles. The van der Waals surface area contributed by atoms with Crippen LogP contribution in [0.3, 0.4) is 0 Å². The Bertz CT molecular complexity index is 711. The van der Waals surface area contributed by atoms with Crippen molar-refractivity contribution < 1.29 is 9.21 Å². The first-order valence-electron chi connectivity index (χ1n) is 6.46. The second-order valence-electron chi connectivity index (χ2n) is 4.52. The summed E-state index contributed by atoms with van der Waals surface area (Å²) in [7, 11) is 0. The van der Waals surface area contributed by atoms with E-state index < -0.39 is 0 Å². The maximum atomic E-state index is 12.3. The molecule has 0 radical (unpaired) electrons. The molecule has 1 heterocycles. The molecule has 0 bridgehead atoms. The first kappa shape index (κ1) is 13.0. The first-order valence-corrected chi connectivity index (χ1v) is 7.61. The SMILES string of the molecule is O=C(CSCc1ccco1)c1cccc2ccccc12. The Morgan fingerprint density at radius 2 is 1.85 bits per heavy atom. The molecular formula is C17H14O2S. The lowest BCUT2D eigenvalue weighted by atomic mass is 10.0. The van der Waals surface area contributed by atoms with E-state index in [-0.39, 0.29) is 5.78 Å². The molecule has 0 saturated carbocycles. The zero-order valence-corrected chi connectivity index (χ0v) is 11.7. The molecule has 0 aliphatic heterocycles. The van der Waals surface area contributed by atoms with Gasteiger partial charge in [-0.2, -0.15) is 0 Å². The van der Waals surface area contributed by atoms with Crippen LogP contribution in [0.1, 0.15) is 16.1 Å². The van der Waals surface area contributed by atoms with Gasteiger partial charge in [0.2, 0.25) is 0 Å². The van der Waals surface area contributed by atoms with Gasteiger partial charge in [0.1, 0.15) is 5.76 Å². The van der Waals surface area contributed by atoms with Crippen molar-refractivity contribution in [2.75, 3.05) is 5.75 Å². The highest BCUT2D eigenvalue weighted by molar-refractivity contribution is 7.99. The minimum atomic E-state index is 0.165. The molecule has 100 valence electrons. The number of hydrogen-bond donors (Lipinski definition) is 0. The molecule has 3 rings (SSSR count). The van der Waals surface area contributed by atoms with Gasteiger partial charge in [0.05, 0.1) is 17.8 Å². The van der Waals surface area contributed by atoms with Gasteiger partial charge in [-0.25, -0.2) is 0 Å². The van der Waals surface area contributed by atoms with Gasteiger partial charge in [0.25, 0.3) is 0 Å². The third kappa shape index (κ3) is 2.78. The van der Waals surface area contributed by atoms with E-state index in [1.807, 2.05) is 54.6 Å². The van der Waals surface area contributed by atoms with Gasteiger partial charge in [-0.3, -0.25) is 4.79 Å². The van der Waals surface area contributed by atoms with E-state index in [1.54, 1.807) is 18.0 Å². The summed E-state index contributed by atoms with van der Waals surface area (Å²) in [5, 5.41) is 2.13. The van der Waals surface area contributed by atoms with E-state index in [4.69, 9.17) is 4.42 Å². The van der Waals surface area contributed by atoms with Crippen LogP contribution in [0.5, 0.6) is 0 Å². The summed E-state index contributed by atoms with van der Waals surface area (Å²) in [4.78, 5) is 12.3. The minimum absolute atomic E-state index is 0.165. The van der Waals surface area contributed by atoms with Crippen molar-refractivity contribution in [1.29, 1.82) is 0 Å². The number of rotatable bonds is 5. The van der Waals surface area contributed by atoms with Crippen LogP contribution >= 0.6 is 11.8 Å². The lowest BCUT2D eigenvalue weighted by Gasteiger charge is -2.05. The number of fused-ring (bicyclic) bond motifs is 1. The predicted octanol–water partition coefficient (Wildman–Crippen LogP) is 4.55. The molecule has 3 aromatic rings. The Morgan fingerprint density at radius 3 is 2.70 bits per heavy atom. The molecule has 1 aromatic heterocycles. The Hall–Kier alpha value is -2.00. The molecule has 2 nitrogen and oxygen atoms in total. The normalized spacial score (nSPS) is 10.8. The van der Waals surface area contributed by atoms with Gasteiger partial charge in [0, 0.05) is 5.56 Å². The first-order chi connectivity index (χ1) is 9.84. The Kier molecular flexibility index (Phi) is 3.88. The topological polar surface area (TPSA) is 30.2 Å². The predicted molar refractivity (Wildman–Crippen MR) is 83.1 cm³/mol. The van der Waals surface area contributed by atoms with Crippen molar-refractivity contribution in [3.63, 3.8) is 0 Å². The van der Waals surface area contributed by atoms with E-state index in [9.17, 15) is 4.79 Å². The number of carbonyl (C=O) groups excluding carboxylic acids is 1. The third-order valence-corrected chi connectivity index (χ3v) is 4.10. The van der Waals surface area contributed by atoms with E-state index >= 15 is 0 Å². The summed E-state index contributed by atoms with van der Waals surface area (Å²) in [6, 6.07) is 17.6. The number of furan rings is 1. The monoisotopic (exact) mass is 282 g/mol. The lowest BCUT2D eigenvalue weighted by Crippen LogP contribution is -2.03. The molecule has 20 heavy (non-hydrogen) atoms. The molecule has 0 aliphatic rings. The van der Waals surface area contributed by atoms with E-state index in [2.05, 4.69) is 0 Å². The van der Waals surface area contributed by atoms with Gasteiger partial charge in [-0.05, 0) is 22.9 Å². The second kappa shape index (κ2) is 5.97. The van der Waals surface area contributed by atoms with Crippen LogP contribution < -0.4 is 0 Å². The molecule has 3 heteroatoms.